The van der Waals surface area contributed by atoms with Crippen LogP contribution >= 0.6 is 22.7 Å². The number of hydrogen-bond acceptors (Lipinski definition) is 4. The van der Waals surface area contributed by atoms with Gasteiger partial charge in [-0.25, -0.2) is 0 Å². The Labute approximate surface area is 148 Å². The number of amides is 1. The van der Waals surface area contributed by atoms with Gasteiger partial charge in [0.1, 0.15) is 0 Å². The first-order valence-corrected chi connectivity index (χ1v) is 9.48. The van der Waals surface area contributed by atoms with Crippen molar-refractivity contribution in [3.05, 3.63) is 46.0 Å². The van der Waals surface area contributed by atoms with Crippen molar-refractivity contribution in [1.82, 2.24) is 10.2 Å². The normalized spacial score (nSPS) is 21.3. The lowest BCUT2D eigenvalue weighted by molar-refractivity contribution is -0.129. The van der Waals surface area contributed by atoms with Crippen LogP contribution < -0.4 is 5.32 Å². The third kappa shape index (κ3) is 2.34. The molecule has 3 heterocycles. The zero-order valence-electron chi connectivity index (χ0n) is 13.4. The van der Waals surface area contributed by atoms with Crippen LogP contribution in [0.5, 0.6) is 0 Å². The Bertz CT molecular complexity index is 924. The van der Waals surface area contributed by atoms with Gasteiger partial charge in [0.25, 0.3) is 0 Å². The minimum atomic E-state index is -0.553. The zero-order valence-corrected chi connectivity index (χ0v) is 15.1. The second-order valence-electron chi connectivity index (χ2n) is 6.31. The van der Waals surface area contributed by atoms with Crippen LogP contribution in [0.1, 0.15) is 18.9 Å². The number of thiophene rings is 2. The Morgan fingerprint density at radius 2 is 2.12 bits per heavy atom. The molecule has 0 radical (unpaired) electrons. The second-order valence-corrected chi connectivity index (χ2v) is 8.00. The van der Waals surface area contributed by atoms with Crippen LogP contribution in [0.3, 0.4) is 0 Å². The predicted octanol–water partition coefficient (Wildman–Crippen LogP) is 4.23. The second kappa shape index (κ2) is 5.43. The number of fused-ring (bicyclic) bond motifs is 1. The average Bonchev–Trinajstić information content (AvgIpc) is 3.20. The molecule has 4 nitrogen and oxygen atoms in total. The lowest BCUT2D eigenvalue weighted by Gasteiger charge is -2.39. The van der Waals surface area contributed by atoms with Gasteiger partial charge in [0.2, 0.25) is 5.91 Å². The van der Waals surface area contributed by atoms with E-state index in [9.17, 15) is 4.79 Å². The Hall–Kier alpha value is -2.18. The molecule has 24 heavy (non-hydrogen) atoms. The van der Waals surface area contributed by atoms with E-state index in [1.54, 1.807) is 29.7 Å². The molecule has 1 aliphatic heterocycles. The van der Waals surface area contributed by atoms with Crippen LogP contribution in [0.2, 0.25) is 0 Å². The lowest BCUT2D eigenvalue weighted by Crippen LogP contribution is -2.58. The van der Waals surface area contributed by atoms with E-state index >= 15 is 0 Å². The molecule has 6 heteroatoms. The molecule has 122 valence electrons. The summed E-state index contributed by atoms with van der Waals surface area (Å²) >= 11 is 3.43. The minimum absolute atomic E-state index is 0.0373. The third-order valence-electron chi connectivity index (χ3n) is 4.65. The molecule has 0 spiro atoms. The summed E-state index contributed by atoms with van der Waals surface area (Å²) in [7, 11) is 1.63. The number of nitrogens with zero attached hydrogens (tertiary/aromatic N) is 1. The summed E-state index contributed by atoms with van der Waals surface area (Å²) in [5.74, 6) is 0.113. The minimum Gasteiger partial charge on any atom is -0.346 e. The zero-order chi connectivity index (χ0) is 16.9. The molecule has 3 aromatic rings. The highest BCUT2D eigenvalue weighted by molar-refractivity contribution is 7.17. The topological polar surface area (TPSA) is 56.2 Å². The van der Waals surface area contributed by atoms with Crippen molar-refractivity contribution in [2.24, 2.45) is 0 Å². The van der Waals surface area contributed by atoms with Gasteiger partial charge in [-0.1, -0.05) is 6.07 Å². The van der Waals surface area contributed by atoms with E-state index in [1.807, 2.05) is 6.92 Å². The van der Waals surface area contributed by atoms with Crippen LogP contribution in [-0.4, -0.2) is 23.8 Å². The number of benzene rings is 1. The van der Waals surface area contributed by atoms with Gasteiger partial charge in [0.05, 0.1) is 12.0 Å². The SMILES string of the molecule is CN1C(=N)N[C@](C)(c2ccc3scc(-c4ccsc4)c3c2)CC1=O. The lowest BCUT2D eigenvalue weighted by atomic mass is 9.85. The standard InChI is InChI=1S/C18H17N3OS2/c1-18(8-16(22)21(2)17(19)20-18)12-3-4-15-13(7-12)14(10-24-15)11-5-6-23-9-11/h3-7,9-10H,8H2,1-2H3,(H2,19,20)/t18-/m0/s1. The van der Waals surface area contributed by atoms with E-state index in [0.717, 1.165) is 5.56 Å². The van der Waals surface area contributed by atoms with Crippen LogP contribution in [0, 0.1) is 5.41 Å². The average molecular weight is 355 g/mol. The van der Waals surface area contributed by atoms with Gasteiger partial charge in [-0.05, 0) is 52.4 Å². The van der Waals surface area contributed by atoms with E-state index < -0.39 is 5.54 Å². The Morgan fingerprint density at radius 3 is 2.83 bits per heavy atom. The fourth-order valence-electron chi connectivity index (χ4n) is 3.12. The van der Waals surface area contributed by atoms with Crippen molar-refractivity contribution >= 4 is 44.6 Å². The maximum atomic E-state index is 12.2. The molecule has 1 amide bonds. The van der Waals surface area contributed by atoms with Gasteiger partial charge in [-0.3, -0.25) is 15.1 Å². The molecule has 2 aromatic heterocycles. The van der Waals surface area contributed by atoms with Gasteiger partial charge in [-0.2, -0.15) is 11.3 Å². The summed E-state index contributed by atoms with van der Waals surface area (Å²) in [6.07, 6.45) is 0.343. The van der Waals surface area contributed by atoms with Crippen LogP contribution in [-0.2, 0) is 10.3 Å². The molecular weight excluding hydrogens is 338 g/mol. The highest BCUT2D eigenvalue weighted by atomic mass is 32.1. The van der Waals surface area contributed by atoms with Crippen molar-refractivity contribution in [3.8, 4) is 11.1 Å². The summed E-state index contributed by atoms with van der Waals surface area (Å²) in [6, 6.07) is 8.48. The number of guanidine groups is 1. The van der Waals surface area contributed by atoms with Crippen LogP contribution in [0.4, 0.5) is 0 Å². The van der Waals surface area contributed by atoms with E-state index in [-0.39, 0.29) is 11.9 Å². The Balaban J connectivity index is 1.81. The number of carbonyl (C=O) groups is 1. The highest BCUT2D eigenvalue weighted by Crippen LogP contribution is 2.38. The van der Waals surface area contributed by atoms with Gasteiger partial charge < -0.3 is 5.32 Å². The molecule has 1 atom stereocenters. The first kappa shape index (κ1) is 15.4. The Morgan fingerprint density at radius 1 is 1.29 bits per heavy atom. The monoisotopic (exact) mass is 355 g/mol. The van der Waals surface area contributed by atoms with Gasteiger partial charge in [-0.15, -0.1) is 11.3 Å². The van der Waals surface area contributed by atoms with E-state index in [1.165, 1.54) is 26.1 Å². The molecular formula is C18H17N3OS2. The summed E-state index contributed by atoms with van der Waals surface area (Å²) in [5, 5.41) is 18.8. The van der Waals surface area contributed by atoms with Crippen molar-refractivity contribution in [3.63, 3.8) is 0 Å². The number of carbonyl (C=O) groups excluding carboxylic acids is 1. The van der Waals surface area contributed by atoms with E-state index in [0.29, 0.717) is 6.42 Å². The highest BCUT2D eigenvalue weighted by Gasteiger charge is 2.38. The van der Waals surface area contributed by atoms with Crippen LogP contribution in [0.15, 0.2) is 40.4 Å². The summed E-state index contributed by atoms with van der Waals surface area (Å²) < 4.78 is 1.23. The maximum absolute atomic E-state index is 12.2. The van der Waals surface area contributed by atoms with E-state index in [2.05, 4.69) is 45.7 Å². The van der Waals surface area contributed by atoms with Crippen molar-refractivity contribution in [2.45, 2.75) is 18.9 Å². The Kier molecular flexibility index (Phi) is 3.47. The predicted molar refractivity (Wildman–Crippen MR) is 101 cm³/mol. The molecule has 0 unspecified atom stereocenters. The molecule has 0 saturated carbocycles. The van der Waals surface area contributed by atoms with Gasteiger partial charge >= 0.3 is 0 Å². The van der Waals surface area contributed by atoms with Crippen LogP contribution in [0.25, 0.3) is 21.2 Å². The first-order valence-electron chi connectivity index (χ1n) is 7.65. The van der Waals surface area contributed by atoms with E-state index in [4.69, 9.17) is 5.41 Å². The molecule has 0 bridgehead atoms. The smallest absolute Gasteiger partial charge is 0.231 e. The molecule has 4 rings (SSSR count). The van der Waals surface area contributed by atoms with Gasteiger partial charge in [0, 0.05) is 22.7 Å². The number of nitrogens with one attached hydrogen (secondary N) is 2. The third-order valence-corrected chi connectivity index (χ3v) is 6.30. The maximum Gasteiger partial charge on any atom is 0.231 e. The van der Waals surface area contributed by atoms with Crippen molar-refractivity contribution < 1.29 is 4.79 Å². The first-order chi connectivity index (χ1) is 11.5. The fraction of sp³-hybridized carbons (Fsp3) is 0.222. The summed E-state index contributed by atoms with van der Waals surface area (Å²) in [5.41, 5.74) is 2.95. The largest absolute Gasteiger partial charge is 0.346 e. The molecule has 1 fully saturated rings. The van der Waals surface area contributed by atoms with Crippen molar-refractivity contribution in [2.75, 3.05) is 7.05 Å². The number of rotatable bonds is 2. The van der Waals surface area contributed by atoms with Gasteiger partial charge in [0.15, 0.2) is 5.96 Å². The summed E-state index contributed by atoms with van der Waals surface area (Å²) in [4.78, 5) is 13.6. The quantitative estimate of drug-likeness (QED) is 0.723. The van der Waals surface area contributed by atoms with Crippen molar-refractivity contribution in [1.29, 1.82) is 5.41 Å². The fourth-order valence-corrected chi connectivity index (χ4v) is 4.73. The summed E-state index contributed by atoms with van der Waals surface area (Å²) in [6.45, 7) is 1.99. The molecule has 1 aromatic carbocycles. The molecule has 1 aliphatic rings. The molecule has 1 saturated heterocycles. The number of hydrogen-bond donors (Lipinski definition) is 2. The molecule has 2 N–H and O–H groups in total. The molecule has 0 aliphatic carbocycles.